The predicted octanol–water partition coefficient (Wildman–Crippen LogP) is 2.31. The molecule has 0 amide bonds. The van der Waals surface area contributed by atoms with E-state index in [1.807, 2.05) is 0 Å². The van der Waals surface area contributed by atoms with Crippen LogP contribution in [0.1, 0.15) is 11.3 Å². The number of nitrogens with zero attached hydrogens (tertiary/aromatic N) is 2. The minimum atomic E-state index is -0.569. The molecule has 0 bridgehead atoms. The highest BCUT2D eigenvalue weighted by atomic mass is 35.5. The van der Waals surface area contributed by atoms with Gasteiger partial charge in [-0.15, -0.1) is 6.42 Å². The van der Waals surface area contributed by atoms with Crippen molar-refractivity contribution in [3.63, 3.8) is 0 Å². The van der Waals surface area contributed by atoms with Crippen molar-refractivity contribution >= 4 is 23.0 Å². The summed E-state index contributed by atoms with van der Waals surface area (Å²) >= 11 is 5.74. The fourth-order valence-electron chi connectivity index (χ4n) is 1.27. The van der Waals surface area contributed by atoms with Crippen LogP contribution in [0.3, 0.4) is 0 Å². The second kappa shape index (κ2) is 4.81. The second-order valence-corrected chi connectivity index (χ2v) is 3.51. The van der Waals surface area contributed by atoms with Gasteiger partial charge in [-0.3, -0.25) is 10.1 Å². The van der Waals surface area contributed by atoms with Gasteiger partial charge in [0.25, 0.3) is 0 Å². The van der Waals surface area contributed by atoms with Crippen molar-refractivity contribution in [2.24, 2.45) is 0 Å². The third kappa shape index (κ3) is 2.23. The lowest BCUT2D eigenvalue weighted by atomic mass is 10.1. The normalized spacial score (nSPS) is 9.62. The van der Waals surface area contributed by atoms with Crippen molar-refractivity contribution in [1.29, 1.82) is 0 Å². The van der Waals surface area contributed by atoms with Gasteiger partial charge in [-0.25, -0.2) is 4.98 Å². The van der Waals surface area contributed by atoms with Crippen molar-refractivity contribution in [3.05, 3.63) is 26.5 Å². The van der Waals surface area contributed by atoms with Crippen LogP contribution in [0.2, 0.25) is 5.15 Å². The summed E-state index contributed by atoms with van der Waals surface area (Å²) in [7, 11) is 0. The molecule has 1 aromatic rings. The number of halogens is 1. The first-order valence-corrected chi connectivity index (χ1v) is 4.85. The van der Waals surface area contributed by atoms with Crippen LogP contribution in [0, 0.1) is 36.3 Å². The average molecular weight is 240 g/mol. The second-order valence-electron chi connectivity index (χ2n) is 3.15. The summed E-state index contributed by atoms with van der Waals surface area (Å²) in [6.07, 6.45) is 5.10. The van der Waals surface area contributed by atoms with Crippen molar-refractivity contribution in [3.8, 4) is 12.3 Å². The number of aromatic nitrogens is 1. The minimum absolute atomic E-state index is 0.132. The summed E-state index contributed by atoms with van der Waals surface area (Å²) in [5.41, 5.74) is 1.40. The molecule has 16 heavy (non-hydrogen) atoms. The van der Waals surface area contributed by atoms with Gasteiger partial charge in [0.2, 0.25) is 5.15 Å². The van der Waals surface area contributed by atoms with E-state index < -0.39 is 4.92 Å². The number of terminal acetylenes is 1. The van der Waals surface area contributed by atoms with Crippen LogP contribution in [0.15, 0.2) is 0 Å². The van der Waals surface area contributed by atoms with E-state index >= 15 is 0 Å². The minimum Gasteiger partial charge on any atom is -0.368 e. The maximum Gasteiger partial charge on any atom is 0.329 e. The van der Waals surface area contributed by atoms with Crippen LogP contribution < -0.4 is 5.32 Å². The number of anilines is 1. The topological polar surface area (TPSA) is 68.1 Å². The van der Waals surface area contributed by atoms with Gasteiger partial charge in [0.1, 0.15) is 5.69 Å². The van der Waals surface area contributed by atoms with E-state index in [1.54, 1.807) is 13.8 Å². The zero-order valence-corrected chi connectivity index (χ0v) is 9.63. The number of nitro groups is 1. The van der Waals surface area contributed by atoms with Gasteiger partial charge in [0.05, 0.1) is 11.5 Å². The lowest BCUT2D eigenvalue weighted by Crippen LogP contribution is -2.07. The zero-order chi connectivity index (χ0) is 12.3. The van der Waals surface area contributed by atoms with Gasteiger partial charge in [0.15, 0.2) is 0 Å². The van der Waals surface area contributed by atoms with E-state index in [0.717, 1.165) is 0 Å². The van der Waals surface area contributed by atoms with Gasteiger partial charge in [0, 0.05) is 11.3 Å². The van der Waals surface area contributed by atoms with Crippen LogP contribution >= 0.6 is 11.6 Å². The SMILES string of the molecule is C#CCNc1c(C)c(C)nc(Cl)c1[N+](=O)[O-]. The van der Waals surface area contributed by atoms with Gasteiger partial charge in [-0.2, -0.15) is 0 Å². The maximum atomic E-state index is 10.9. The molecule has 1 N–H and O–H groups in total. The smallest absolute Gasteiger partial charge is 0.329 e. The summed E-state index contributed by atoms with van der Waals surface area (Å²) in [5, 5.41) is 13.5. The third-order valence-corrected chi connectivity index (χ3v) is 2.43. The van der Waals surface area contributed by atoms with Crippen LogP contribution in [-0.4, -0.2) is 16.5 Å². The highest BCUT2D eigenvalue weighted by Crippen LogP contribution is 2.34. The van der Waals surface area contributed by atoms with E-state index in [2.05, 4.69) is 16.2 Å². The molecule has 0 spiro atoms. The molecule has 1 rings (SSSR count). The summed E-state index contributed by atoms with van der Waals surface area (Å²) in [5.74, 6) is 2.35. The van der Waals surface area contributed by atoms with E-state index in [4.69, 9.17) is 18.0 Å². The third-order valence-electron chi connectivity index (χ3n) is 2.17. The first kappa shape index (κ1) is 12.3. The van der Waals surface area contributed by atoms with E-state index in [0.29, 0.717) is 16.9 Å². The van der Waals surface area contributed by atoms with Gasteiger partial charge in [-0.1, -0.05) is 17.5 Å². The molecule has 0 atom stereocenters. The average Bonchev–Trinajstić information content (AvgIpc) is 2.20. The molecular weight excluding hydrogens is 230 g/mol. The molecule has 84 valence electrons. The largest absolute Gasteiger partial charge is 0.368 e. The molecule has 6 heteroatoms. The summed E-state index contributed by atoms with van der Waals surface area (Å²) < 4.78 is 0. The Morgan fingerprint density at radius 1 is 1.62 bits per heavy atom. The molecule has 0 saturated carbocycles. The van der Waals surface area contributed by atoms with Crippen LogP contribution in [0.25, 0.3) is 0 Å². The van der Waals surface area contributed by atoms with Crippen molar-refractivity contribution < 1.29 is 4.92 Å². The van der Waals surface area contributed by atoms with Gasteiger partial charge < -0.3 is 5.32 Å². The summed E-state index contributed by atoms with van der Waals surface area (Å²) in [6, 6.07) is 0. The lowest BCUT2D eigenvalue weighted by Gasteiger charge is -2.10. The van der Waals surface area contributed by atoms with Crippen LogP contribution in [0.4, 0.5) is 11.4 Å². The van der Waals surface area contributed by atoms with E-state index in [1.165, 1.54) is 0 Å². The number of nitrogens with one attached hydrogen (secondary N) is 1. The lowest BCUT2D eigenvalue weighted by molar-refractivity contribution is -0.384. The number of aryl methyl sites for hydroxylation is 1. The molecule has 0 aliphatic heterocycles. The van der Waals surface area contributed by atoms with Gasteiger partial charge in [-0.05, 0) is 13.8 Å². The highest BCUT2D eigenvalue weighted by Gasteiger charge is 2.23. The maximum absolute atomic E-state index is 10.9. The fourth-order valence-corrected chi connectivity index (χ4v) is 1.56. The Kier molecular flexibility index (Phi) is 3.69. The fraction of sp³-hybridized carbons (Fsp3) is 0.300. The Hall–Kier alpha value is -1.80. The number of pyridine rings is 1. The highest BCUT2D eigenvalue weighted by molar-refractivity contribution is 6.32. The molecule has 0 fully saturated rings. The van der Waals surface area contributed by atoms with Crippen molar-refractivity contribution in [2.75, 3.05) is 11.9 Å². The number of hydrogen-bond donors (Lipinski definition) is 1. The van der Waals surface area contributed by atoms with Crippen LogP contribution in [-0.2, 0) is 0 Å². The first-order chi connectivity index (χ1) is 7.49. The summed E-state index contributed by atoms with van der Waals surface area (Å²) in [4.78, 5) is 14.2. The Morgan fingerprint density at radius 2 is 2.25 bits per heavy atom. The zero-order valence-electron chi connectivity index (χ0n) is 8.87. The molecule has 1 aromatic heterocycles. The molecule has 5 nitrogen and oxygen atoms in total. The van der Waals surface area contributed by atoms with Crippen molar-refractivity contribution in [2.45, 2.75) is 13.8 Å². The molecule has 1 heterocycles. The molecule has 0 saturated heterocycles. The molecule has 0 unspecified atom stereocenters. The molecular formula is C10H10ClN3O2. The molecule has 0 aromatic carbocycles. The van der Waals surface area contributed by atoms with Gasteiger partial charge >= 0.3 is 5.69 Å². The monoisotopic (exact) mass is 239 g/mol. The summed E-state index contributed by atoms with van der Waals surface area (Å²) in [6.45, 7) is 3.65. The Morgan fingerprint density at radius 3 is 2.75 bits per heavy atom. The molecule has 0 aliphatic carbocycles. The quantitative estimate of drug-likeness (QED) is 0.380. The van der Waals surface area contributed by atoms with E-state index in [9.17, 15) is 10.1 Å². The van der Waals surface area contributed by atoms with Crippen molar-refractivity contribution in [1.82, 2.24) is 4.98 Å². The number of rotatable bonds is 3. The predicted molar refractivity (Wildman–Crippen MR) is 62.7 cm³/mol. The number of hydrogen-bond acceptors (Lipinski definition) is 4. The Labute approximate surface area is 98.0 Å². The van der Waals surface area contributed by atoms with E-state index in [-0.39, 0.29) is 17.4 Å². The molecule has 0 aliphatic rings. The first-order valence-electron chi connectivity index (χ1n) is 4.47. The Balaban J connectivity index is 3.40. The van der Waals surface area contributed by atoms with Crippen LogP contribution in [0.5, 0.6) is 0 Å². The Bertz CT molecular complexity index is 480. The molecule has 0 radical (unpaired) electrons. The standard InChI is InChI=1S/C10H10ClN3O2/c1-4-5-12-8-6(2)7(3)13-10(11)9(8)14(15)16/h1H,5H2,2-3H3,(H,12,13).